The van der Waals surface area contributed by atoms with Gasteiger partial charge in [-0.2, -0.15) is 0 Å². The molecule has 124 valence electrons. The molecule has 3 heteroatoms. The van der Waals surface area contributed by atoms with Gasteiger partial charge in [-0.25, -0.2) is 0 Å². The normalized spacial score (nSPS) is 17.0. The zero-order valence-electron chi connectivity index (χ0n) is 15.3. The lowest BCUT2D eigenvalue weighted by Gasteiger charge is -2.28. The molecule has 2 unspecified atom stereocenters. The minimum atomic E-state index is -0.342. The van der Waals surface area contributed by atoms with Gasteiger partial charge in [-0.1, -0.05) is 33.8 Å². The molecule has 0 aliphatic rings. The summed E-state index contributed by atoms with van der Waals surface area (Å²) in [6.07, 6.45) is 3.84. The predicted octanol–water partition coefficient (Wildman–Crippen LogP) is 3.90. The maximum Gasteiger partial charge on any atom is 0.241 e. The van der Waals surface area contributed by atoms with E-state index in [1.807, 2.05) is 20.8 Å². The summed E-state index contributed by atoms with van der Waals surface area (Å²) >= 11 is 0. The number of rotatable bonds is 7. The Labute approximate surface area is 132 Å². The monoisotopic (exact) mass is 296 g/mol. The van der Waals surface area contributed by atoms with Gasteiger partial charge in [-0.3, -0.25) is 10.1 Å². The topological polar surface area (TPSA) is 41.1 Å². The average molecular weight is 296 g/mol. The van der Waals surface area contributed by atoms with Crippen molar-refractivity contribution in [3.05, 3.63) is 12.7 Å². The van der Waals surface area contributed by atoms with E-state index in [1.165, 1.54) is 6.42 Å². The lowest BCUT2D eigenvalue weighted by molar-refractivity contribution is -0.123. The third-order valence-corrected chi connectivity index (χ3v) is 3.21. The van der Waals surface area contributed by atoms with Crippen LogP contribution in [-0.2, 0) is 4.79 Å². The predicted molar refractivity (Wildman–Crippen MR) is 92.3 cm³/mol. The molecule has 0 spiro atoms. The van der Waals surface area contributed by atoms with Gasteiger partial charge in [0.05, 0.1) is 0 Å². The lowest BCUT2D eigenvalue weighted by atomic mass is 9.83. The first-order valence-electron chi connectivity index (χ1n) is 8.04. The van der Waals surface area contributed by atoms with Crippen molar-refractivity contribution in [3.8, 4) is 0 Å². The van der Waals surface area contributed by atoms with E-state index < -0.39 is 0 Å². The van der Waals surface area contributed by atoms with Gasteiger partial charge in [-0.15, -0.1) is 6.58 Å². The summed E-state index contributed by atoms with van der Waals surface area (Å²) in [7, 11) is 0. The summed E-state index contributed by atoms with van der Waals surface area (Å²) in [4.78, 5) is 12.3. The summed E-state index contributed by atoms with van der Waals surface area (Å²) < 4.78 is 0. The molecular formula is C18H36N2O. The molecule has 0 saturated carbocycles. The Kier molecular flexibility index (Phi) is 7.66. The van der Waals surface area contributed by atoms with E-state index in [2.05, 4.69) is 51.8 Å². The van der Waals surface area contributed by atoms with Crippen LogP contribution in [0.25, 0.3) is 0 Å². The summed E-state index contributed by atoms with van der Waals surface area (Å²) in [5, 5.41) is 6.37. The Morgan fingerprint density at radius 3 is 2.05 bits per heavy atom. The highest BCUT2D eigenvalue weighted by atomic mass is 16.2. The summed E-state index contributed by atoms with van der Waals surface area (Å²) in [5.74, 6) is 0.605. The van der Waals surface area contributed by atoms with Crippen molar-refractivity contribution < 1.29 is 4.79 Å². The third-order valence-electron chi connectivity index (χ3n) is 3.21. The highest BCUT2D eigenvalue weighted by Gasteiger charge is 2.23. The molecule has 0 aliphatic carbocycles. The number of nitrogens with one attached hydrogen (secondary N) is 2. The van der Waals surface area contributed by atoms with Crippen molar-refractivity contribution in [2.24, 2.45) is 11.3 Å². The molecule has 0 radical (unpaired) electrons. The summed E-state index contributed by atoms with van der Waals surface area (Å²) in [5.41, 5.74) is 0.222. The van der Waals surface area contributed by atoms with Crippen LogP contribution in [0.5, 0.6) is 0 Å². The maximum atomic E-state index is 12.3. The Hall–Kier alpha value is -0.830. The standard InChI is InChI=1S/C18H36N2O/c1-10-15(20-18(7,8)9)16(21)19-14(3)11-13(2)12-17(4,5)6/h10,13-15,20H,1,11-12H2,2-9H3,(H,19,21)/t13?,14?,15-/m1/s1. The van der Waals surface area contributed by atoms with Gasteiger partial charge < -0.3 is 5.32 Å². The lowest BCUT2D eigenvalue weighted by Crippen LogP contribution is -2.52. The van der Waals surface area contributed by atoms with Crippen LogP contribution in [0, 0.1) is 11.3 Å². The van der Waals surface area contributed by atoms with Crippen molar-refractivity contribution in [1.82, 2.24) is 10.6 Å². The van der Waals surface area contributed by atoms with Crippen molar-refractivity contribution >= 4 is 5.91 Å². The van der Waals surface area contributed by atoms with E-state index in [0.29, 0.717) is 11.3 Å². The molecule has 21 heavy (non-hydrogen) atoms. The van der Waals surface area contributed by atoms with E-state index in [4.69, 9.17) is 0 Å². The van der Waals surface area contributed by atoms with Gasteiger partial charge in [0.2, 0.25) is 5.91 Å². The molecule has 0 heterocycles. The third kappa shape index (κ3) is 10.5. The minimum Gasteiger partial charge on any atom is -0.352 e. The molecular weight excluding hydrogens is 260 g/mol. The van der Waals surface area contributed by atoms with E-state index in [0.717, 1.165) is 6.42 Å². The second kappa shape index (κ2) is 7.98. The molecule has 3 nitrogen and oxygen atoms in total. The van der Waals surface area contributed by atoms with E-state index in [1.54, 1.807) is 6.08 Å². The first kappa shape index (κ1) is 20.2. The number of amides is 1. The van der Waals surface area contributed by atoms with Gasteiger partial charge in [0.25, 0.3) is 0 Å². The summed E-state index contributed by atoms with van der Waals surface area (Å²) in [6, 6.07) is -0.163. The molecule has 0 aromatic carbocycles. The Morgan fingerprint density at radius 2 is 1.67 bits per heavy atom. The minimum absolute atomic E-state index is 0.00961. The Balaban J connectivity index is 4.39. The van der Waals surface area contributed by atoms with E-state index in [-0.39, 0.29) is 23.5 Å². The highest BCUT2D eigenvalue weighted by molar-refractivity contribution is 5.83. The van der Waals surface area contributed by atoms with Crippen LogP contribution in [0.3, 0.4) is 0 Å². The van der Waals surface area contributed by atoms with Crippen molar-refractivity contribution in [3.63, 3.8) is 0 Å². The number of hydrogen-bond acceptors (Lipinski definition) is 2. The molecule has 0 bridgehead atoms. The molecule has 0 aromatic heterocycles. The number of carbonyl (C=O) groups excluding carboxylic acids is 1. The van der Waals surface area contributed by atoms with Crippen LogP contribution in [-0.4, -0.2) is 23.5 Å². The average Bonchev–Trinajstić information content (AvgIpc) is 2.20. The Morgan fingerprint density at radius 1 is 1.14 bits per heavy atom. The first-order valence-corrected chi connectivity index (χ1v) is 8.04. The molecule has 0 rings (SSSR count). The SMILES string of the molecule is C=C[C@@H](NC(C)(C)C)C(=O)NC(C)CC(C)CC(C)(C)C. The van der Waals surface area contributed by atoms with Gasteiger partial charge in [0, 0.05) is 11.6 Å². The zero-order chi connectivity index (χ0) is 16.8. The van der Waals surface area contributed by atoms with Crippen LogP contribution in [0.1, 0.15) is 68.2 Å². The Bertz CT molecular complexity index is 336. The summed E-state index contributed by atoms with van der Waals surface area (Å²) in [6.45, 7) is 21.0. The van der Waals surface area contributed by atoms with Gasteiger partial charge in [0.1, 0.15) is 6.04 Å². The largest absolute Gasteiger partial charge is 0.352 e. The van der Waals surface area contributed by atoms with Crippen LogP contribution in [0.15, 0.2) is 12.7 Å². The smallest absolute Gasteiger partial charge is 0.241 e. The molecule has 1 amide bonds. The zero-order valence-corrected chi connectivity index (χ0v) is 15.3. The van der Waals surface area contributed by atoms with Crippen LogP contribution >= 0.6 is 0 Å². The first-order chi connectivity index (χ1) is 9.34. The van der Waals surface area contributed by atoms with Crippen molar-refractivity contribution in [1.29, 1.82) is 0 Å². The second-order valence-corrected chi connectivity index (χ2v) is 8.62. The van der Waals surface area contributed by atoms with E-state index in [9.17, 15) is 4.79 Å². The molecule has 0 aliphatic heterocycles. The van der Waals surface area contributed by atoms with Crippen molar-refractivity contribution in [2.75, 3.05) is 0 Å². The fourth-order valence-corrected chi connectivity index (χ4v) is 2.82. The molecule has 0 fully saturated rings. The highest BCUT2D eigenvalue weighted by Crippen LogP contribution is 2.26. The second-order valence-electron chi connectivity index (χ2n) is 8.62. The fourth-order valence-electron chi connectivity index (χ4n) is 2.82. The quantitative estimate of drug-likeness (QED) is 0.700. The van der Waals surface area contributed by atoms with Gasteiger partial charge in [0.15, 0.2) is 0 Å². The number of hydrogen-bond donors (Lipinski definition) is 2. The molecule has 2 N–H and O–H groups in total. The van der Waals surface area contributed by atoms with Gasteiger partial charge in [-0.05, 0) is 51.9 Å². The maximum absolute atomic E-state index is 12.3. The van der Waals surface area contributed by atoms with Gasteiger partial charge >= 0.3 is 0 Å². The van der Waals surface area contributed by atoms with Crippen LogP contribution in [0.2, 0.25) is 0 Å². The van der Waals surface area contributed by atoms with Crippen LogP contribution < -0.4 is 10.6 Å². The van der Waals surface area contributed by atoms with E-state index >= 15 is 0 Å². The number of carbonyl (C=O) groups is 1. The molecule has 3 atom stereocenters. The molecule has 0 aromatic rings. The van der Waals surface area contributed by atoms with Crippen molar-refractivity contribution in [2.45, 2.75) is 85.9 Å². The van der Waals surface area contributed by atoms with Crippen LogP contribution in [0.4, 0.5) is 0 Å². The fraction of sp³-hybridized carbons (Fsp3) is 0.833. The molecule has 0 saturated heterocycles.